The molecule has 1 aliphatic heterocycles. The first-order valence-electron chi connectivity index (χ1n) is 5.85. The van der Waals surface area contributed by atoms with E-state index in [1.54, 1.807) is 11.8 Å². The summed E-state index contributed by atoms with van der Waals surface area (Å²) in [5.74, 6) is 1.11. The lowest BCUT2D eigenvalue weighted by Crippen LogP contribution is -2.41. The molecule has 0 aromatic carbocycles. The third-order valence-corrected chi connectivity index (χ3v) is 5.46. The fourth-order valence-electron chi connectivity index (χ4n) is 1.81. The molecule has 0 atom stereocenters. The maximum Gasteiger partial charge on any atom is 0.214 e. The Balaban J connectivity index is 2.22. The lowest BCUT2D eigenvalue weighted by Gasteiger charge is -2.22. The molecule has 0 aromatic heterocycles. The van der Waals surface area contributed by atoms with Gasteiger partial charge in [-0.2, -0.15) is 11.8 Å². The highest BCUT2D eigenvalue weighted by atomic mass is 32.2. The Kier molecular flexibility index (Phi) is 6.72. The van der Waals surface area contributed by atoms with Gasteiger partial charge >= 0.3 is 0 Å². The largest absolute Gasteiger partial charge is 0.317 e. The summed E-state index contributed by atoms with van der Waals surface area (Å²) in [5.41, 5.74) is 0. The summed E-state index contributed by atoms with van der Waals surface area (Å²) < 4.78 is 26.5. The van der Waals surface area contributed by atoms with Crippen molar-refractivity contribution in [1.82, 2.24) is 10.0 Å². The molecule has 0 bridgehead atoms. The highest BCUT2D eigenvalue weighted by Gasteiger charge is 2.26. The SMILES string of the molecule is CSCCCCNS(=O)(=O)C1CCNCC1. The van der Waals surface area contributed by atoms with Gasteiger partial charge in [-0.1, -0.05) is 0 Å². The number of sulfonamides is 1. The predicted molar refractivity (Wildman–Crippen MR) is 70.4 cm³/mol. The average molecular weight is 266 g/mol. The number of hydrogen-bond acceptors (Lipinski definition) is 4. The molecule has 96 valence electrons. The van der Waals surface area contributed by atoms with Crippen molar-refractivity contribution in [2.45, 2.75) is 30.9 Å². The summed E-state index contributed by atoms with van der Waals surface area (Å²) >= 11 is 1.80. The van der Waals surface area contributed by atoms with Gasteiger partial charge in [0, 0.05) is 6.54 Å². The van der Waals surface area contributed by atoms with E-state index < -0.39 is 10.0 Å². The molecule has 0 amide bonds. The summed E-state index contributed by atoms with van der Waals surface area (Å²) in [6, 6.07) is 0. The summed E-state index contributed by atoms with van der Waals surface area (Å²) in [4.78, 5) is 0. The van der Waals surface area contributed by atoms with Crippen LogP contribution in [-0.4, -0.2) is 45.3 Å². The van der Waals surface area contributed by atoms with Crippen LogP contribution in [0.2, 0.25) is 0 Å². The zero-order valence-corrected chi connectivity index (χ0v) is 11.5. The van der Waals surface area contributed by atoms with Crippen molar-refractivity contribution < 1.29 is 8.42 Å². The van der Waals surface area contributed by atoms with Gasteiger partial charge in [-0.05, 0) is 50.8 Å². The Morgan fingerprint density at radius 3 is 2.62 bits per heavy atom. The first kappa shape index (κ1) is 14.3. The van der Waals surface area contributed by atoms with E-state index in [9.17, 15) is 8.42 Å². The molecule has 1 aliphatic rings. The van der Waals surface area contributed by atoms with Gasteiger partial charge in [-0.25, -0.2) is 13.1 Å². The Labute approximate surface area is 103 Å². The molecule has 4 nitrogen and oxygen atoms in total. The van der Waals surface area contributed by atoms with Crippen LogP contribution in [0.3, 0.4) is 0 Å². The smallest absolute Gasteiger partial charge is 0.214 e. The van der Waals surface area contributed by atoms with Crippen molar-refractivity contribution >= 4 is 21.8 Å². The Morgan fingerprint density at radius 2 is 2.00 bits per heavy atom. The topological polar surface area (TPSA) is 58.2 Å². The van der Waals surface area contributed by atoms with Crippen LogP contribution in [-0.2, 0) is 10.0 Å². The van der Waals surface area contributed by atoms with Gasteiger partial charge in [0.15, 0.2) is 0 Å². The van der Waals surface area contributed by atoms with Gasteiger partial charge in [-0.3, -0.25) is 0 Å². The van der Waals surface area contributed by atoms with Crippen LogP contribution < -0.4 is 10.0 Å². The maximum absolute atomic E-state index is 11.9. The van der Waals surface area contributed by atoms with Gasteiger partial charge in [0.05, 0.1) is 5.25 Å². The van der Waals surface area contributed by atoms with E-state index in [-0.39, 0.29) is 5.25 Å². The molecule has 6 heteroatoms. The third-order valence-electron chi connectivity index (χ3n) is 2.80. The first-order valence-corrected chi connectivity index (χ1v) is 8.79. The van der Waals surface area contributed by atoms with Crippen LogP contribution in [0.25, 0.3) is 0 Å². The normalized spacial score (nSPS) is 18.8. The molecule has 0 saturated carbocycles. The number of thioether (sulfide) groups is 1. The van der Waals surface area contributed by atoms with Crippen molar-refractivity contribution in [3.8, 4) is 0 Å². The van der Waals surface area contributed by atoms with Crippen LogP contribution >= 0.6 is 11.8 Å². The highest BCUT2D eigenvalue weighted by molar-refractivity contribution is 7.98. The molecule has 0 aromatic rings. The van der Waals surface area contributed by atoms with Crippen molar-refractivity contribution in [3.05, 3.63) is 0 Å². The zero-order chi connectivity index (χ0) is 11.9. The minimum Gasteiger partial charge on any atom is -0.317 e. The van der Waals surface area contributed by atoms with Crippen LogP contribution in [0, 0.1) is 0 Å². The van der Waals surface area contributed by atoms with Crippen LogP contribution in [0.5, 0.6) is 0 Å². The summed E-state index contributed by atoms with van der Waals surface area (Å²) in [6.45, 7) is 2.23. The van der Waals surface area contributed by atoms with E-state index in [0.29, 0.717) is 6.54 Å². The first-order chi connectivity index (χ1) is 7.67. The fraction of sp³-hybridized carbons (Fsp3) is 1.00. The molecule has 1 fully saturated rings. The quantitative estimate of drug-likeness (QED) is 0.669. The number of piperidine rings is 1. The number of nitrogens with one attached hydrogen (secondary N) is 2. The van der Waals surface area contributed by atoms with E-state index in [0.717, 1.165) is 44.5 Å². The molecular weight excluding hydrogens is 244 g/mol. The third kappa shape index (κ3) is 5.03. The van der Waals surface area contributed by atoms with Crippen LogP contribution in [0.4, 0.5) is 0 Å². The van der Waals surface area contributed by atoms with E-state index in [1.165, 1.54) is 0 Å². The fourth-order valence-corrected chi connectivity index (χ4v) is 3.82. The molecule has 0 unspecified atom stereocenters. The minimum absolute atomic E-state index is 0.186. The molecule has 1 rings (SSSR count). The minimum atomic E-state index is -3.07. The predicted octanol–water partition coefficient (Wildman–Crippen LogP) is 0.801. The molecule has 0 spiro atoms. The van der Waals surface area contributed by atoms with Crippen LogP contribution in [0.15, 0.2) is 0 Å². The monoisotopic (exact) mass is 266 g/mol. The maximum atomic E-state index is 11.9. The number of rotatable bonds is 7. The molecule has 0 aliphatic carbocycles. The van der Waals surface area contributed by atoms with E-state index in [2.05, 4.69) is 16.3 Å². The van der Waals surface area contributed by atoms with Gasteiger partial charge in [-0.15, -0.1) is 0 Å². The number of unbranched alkanes of at least 4 members (excludes halogenated alkanes) is 1. The number of hydrogen-bond donors (Lipinski definition) is 2. The van der Waals surface area contributed by atoms with Crippen molar-refractivity contribution in [2.75, 3.05) is 31.6 Å². The zero-order valence-electron chi connectivity index (χ0n) is 9.87. The highest BCUT2D eigenvalue weighted by Crippen LogP contribution is 2.11. The average Bonchev–Trinajstić information content (AvgIpc) is 2.30. The Hall–Kier alpha value is 0.220. The van der Waals surface area contributed by atoms with Crippen molar-refractivity contribution in [2.24, 2.45) is 0 Å². The van der Waals surface area contributed by atoms with Gasteiger partial charge in [0.25, 0.3) is 0 Å². The second kappa shape index (κ2) is 7.53. The summed E-state index contributed by atoms with van der Waals surface area (Å²) in [5, 5.41) is 2.99. The molecule has 2 N–H and O–H groups in total. The second-order valence-corrected chi connectivity index (χ2v) is 7.12. The standard InChI is InChI=1S/C10H22N2O2S2/c1-15-9-3-2-6-12-16(13,14)10-4-7-11-8-5-10/h10-12H,2-9H2,1H3. The molecule has 1 saturated heterocycles. The Bertz CT molecular complexity index is 275. The van der Waals surface area contributed by atoms with E-state index in [4.69, 9.17) is 0 Å². The lowest BCUT2D eigenvalue weighted by atomic mass is 10.2. The molecule has 16 heavy (non-hydrogen) atoms. The lowest BCUT2D eigenvalue weighted by molar-refractivity contribution is 0.489. The summed E-state index contributed by atoms with van der Waals surface area (Å²) in [6.07, 6.45) is 5.56. The van der Waals surface area contributed by atoms with Crippen molar-refractivity contribution in [3.63, 3.8) is 0 Å². The molecular formula is C10H22N2O2S2. The molecule has 0 radical (unpaired) electrons. The van der Waals surface area contributed by atoms with Gasteiger partial charge in [0.2, 0.25) is 10.0 Å². The Morgan fingerprint density at radius 1 is 1.31 bits per heavy atom. The van der Waals surface area contributed by atoms with E-state index in [1.807, 2.05) is 0 Å². The summed E-state index contributed by atoms with van der Waals surface area (Å²) in [7, 11) is -3.07. The second-order valence-electron chi connectivity index (χ2n) is 4.09. The van der Waals surface area contributed by atoms with Crippen molar-refractivity contribution in [1.29, 1.82) is 0 Å². The van der Waals surface area contributed by atoms with Crippen LogP contribution in [0.1, 0.15) is 25.7 Å². The molecule has 1 heterocycles. The van der Waals surface area contributed by atoms with E-state index >= 15 is 0 Å². The van der Waals surface area contributed by atoms with Gasteiger partial charge in [0.1, 0.15) is 0 Å². The van der Waals surface area contributed by atoms with Gasteiger partial charge < -0.3 is 5.32 Å².